The van der Waals surface area contributed by atoms with Crippen LogP contribution in [0.15, 0.2) is 49.1 Å². The molecule has 1 atom stereocenters. The van der Waals surface area contributed by atoms with Gasteiger partial charge in [-0.05, 0) is 39.7 Å². The third-order valence-electron chi connectivity index (χ3n) is 7.07. The number of rotatable bonds is 7. The molecule has 4 nitrogen and oxygen atoms in total. The Hall–Kier alpha value is -1.33. The Morgan fingerprint density at radius 3 is 1.37 bits per heavy atom. The van der Waals surface area contributed by atoms with Gasteiger partial charge in [0.15, 0.2) is 0 Å². The maximum Gasteiger partial charge on any atom is 0.150 e. The third-order valence-corrected chi connectivity index (χ3v) is 16.1. The lowest BCUT2D eigenvalue weighted by Crippen LogP contribution is -2.57. The molecule has 0 N–H and O–H groups in total. The molecule has 8 heteroatoms. The largest absolute Gasteiger partial charge is 0.240 e. The SMILES string of the molecule is CC(C)(C)P(Cc1cc([Si](C)(C)C)c([Si](C)(C)C)cc1C(P)(c1ncccn1)c1ncccn1)C(C)(C)C. The van der Waals surface area contributed by atoms with Crippen molar-refractivity contribution >= 4 is 43.7 Å². The van der Waals surface area contributed by atoms with Gasteiger partial charge in [-0.2, -0.15) is 0 Å². The Labute approximate surface area is 237 Å². The van der Waals surface area contributed by atoms with Crippen molar-refractivity contribution in [1.82, 2.24) is 19.9 Å². The molecular formula is C30H48N4P2Si2. The summed E-state index contributed by atoms with van der Waals surface area (Å²) in [4.78, 5) is 19.2. The first-order valence-corrected chi connectivity index (χ1v) is 22.7. The summed E-state index contributed by atoms with van der Waals surface area (Å²) in [6, 6.07) is 8.86. The Balaban J connectivity index is 2.50. The highest BCUT2D eigenvalue weighted by Crippen LogP contribution is 2.62. The normalized spacial score (nSPS) is 13.7. The fourth-order valence-electron chi connectivity index (χ4n) is 5.38. The number of benzene rings is 1. The van der Waals surface area contributed by atoms with Gasteiger partial charge in [-0.1, -0.05) is 111 Å². The molecule has 0 spiro atoms. The molecule has 0 aliphatic carbocycles. The summed E-state index contributed by atoms with van der Waals surface area (Å²) in [7, 11) is -0.576. The zero-order chi connectivity index (χ0) is 28.7. The smallest absolute Gasteiger partial charge is 0.150 e. The van der Waals surface area contributed by atoms with Crippen molar-refractivity contribution in [3.63, 3.8) is 0 Å². The maximum absolute atomic E-state index is 4.80. The standard InChI is InChI=1S/C30H48N4P2Si2/c1-28(2,3)36(29(4,5)6)21-22-19-24(37(7,8)9)25(38(10,11)12)20-23(22)30(35,26-31-15-13-16-32-26)27-33-17-14-18-34-27/h13-20H,21,35H2,1-12H3. The van der Waals surface area contributed by atoms with E-state index in [0.717, 1.165) is 17.8 Å². The minimum Gasteiger partial charge on any atom is -0.240 e. The van der Waals surface area contributed by atoms with Crippen molar-refractivity contribution < 1.29 is 0 Å². The summed E-state index contributed by atoms with van der Waals surface area (Å²) in [6.07, 6.45) is 8.36. The van der Waals surface area contributed by atoms with Crippen LogP contribution in [-0.4, -0.2) is 46.4 Å². The van der Waals surface area contributed by atoms with Crippen molar-refractivity contribution in [3.05, 3.63) is 71.8 Å². The zero-order valence-electron chi connectivity index (χ0n) is 25.6. The lowest BCUT2D eigenvalue weighted by Gasteiger charge is -2.43. The second-order valence-corrected chi connectivity index (χ2v) is 29.2. The molecule has 0 bridgehead atoms. The Morgan fingerprint density at radius 2 is 1.03 bits per heavy atom. The maximum atomic E-state index is 4.80. The van der Waals surface area contributed by atoms with E-state index in [4.69, 9.17) is 19.9 Å². The van der Waals surface area contributed by atoms with Crippen molar-refractivity contribution in [3.8, 4) is 0 Å². The van der Waals surface area contributed by atoms with E-state index in [-0.39, 0.29) is 18.2 Å². The lowest BCUT2D eigenvalue weighted by molar-refractivity contribution is 0.698. The monoisotopic (exact) mass is 582 g/mol. The molecule has 3 aromatic rings. The zero-order valence-corrected chi connectivity index (χ0v) is 29.7. The van der Waals surface area contributed by atoms with Crippen LogP contribution in [0.2, 0.25) is 39.3 Å². The van der Waals surface area contributed by atoms with Crippen molar-refractivity contribution in [1.29, 1.82) is 0 Å². The average molecular weight is 583 g/mol. The van der Waals surface area contributed by atoms with Gasteiger partial charge in [-0.15, -0.1) is 9.24 Å². The second kappa shape index (κ2) is 10.9. The molecule has 2 heterocycles. The van der Waals surface area contributed by atoms with Crippen LogP contribution in [0.25, 0.3) is 0 Å². The summed E-state index contributed by atoms with van der Waals surface area (Å²) in [5, 5.41) is 2.81. The van der Waals surface area contributed by atoms with Gasteiger partial charge >= 0.3 is 0 Å². The Bertz CT molecular complexity index is 1190. The average Bonchev–Trinajstić information content (AvgIpc) is 2.80. The van der Waals surface area contributed by atoms with Crippen LogP contribution < -0.4 is 10.4 Å². The van der Waals surface area contributed by atoms with Crippen LogP contribution in [0.1, 0.15) is 64.3 Å². The van der Waals surface area contributed by atoms with Gasteiger partial charge in [-0.3, -0.25) is 0 Å². The first kappa shape index (κ1) is 31.2. The van der Waals surface area contributed by atoms with E-state index in [1.54, 1.807) is 10.4 Å². The van der Waals surface area contributed by atoms with Gasteiger partial charge in [0.1, 0.15) is 16.8 Å². The summed E-state index contributed by atoms with van der Waals surface area (Å²) >= 11 is 0. The van der Waals surface area contributed by atoms with E-state index in [1.807, 2.05) is 36.9 Å². The molecule has 0 radical (unpaired) electrons. The van der Waals surface area contributed by atoms with Crippen LogP contribution in [0.3, 0.4) is 0 Å². The summed E-state index contributed by atoms with van der Waals surface area (Å²) < 4.78 is 0. The third kappa shape index (κ3) is 6.69. The van der Waals surface area contributed by atoms with Crippen molar-refractivity contribution in [2.75, 3.05) is 0 Å². The number of aromatic nitrogens is 4. The van der Waals surface area contributed by atoms with Gasteiger partial charge in [0.05, 0.1) is 16.1 Å². The number of hydrogen-bond donors (Lipinski definition) is 0. The van der Waals surface area contributed by atoms with Crippen LogP contribution in [0.5, 0.6) is 0 Å². The molecule has 38 heavy (non-hydrogen) atoms. The predicted octanol–water partition coefficient (Wildman–Crippen LogP) is 7.10. The van der Waals surface area contributed by atoms with Crippen LogP contribution in [0, 0.1) is 0 Å². The van der Waals surface area contributed by atoms with E-state index < -0.39 is 21.3 Å². The molecule has 1 aromatic carbocycles. The van der Waals surface area contributed by atoms with E-state index >= 15 is 0 Å². The second-order valence-electron chi connectivity index (χ2n) is 14.4. The van der Waals surface area contributed by atoms with E-state index in [1.165, 1.54) is 11.1 Å². The van der Waals surface area contributed by atoms with Crippen molar-refractivity contribution in [2.24, 2.45) is 0 Å². The van der Waals surface area contributed by atoms with Gasteiger partial charge in [0.25, 0.3) is 0 Å². The molecule has 0 saturated carbocycles. The van der Waals surface area contributed by atoms with Gasteiger partial charge in [0, 0.05) is 24.8 Å². The van der Waals surface area contributed by atoms with Gasteiger partial charge in [0.2, 0.25) is 0 Å². The molecular weight excluding hydrogens is 534 g/mol. The van der Waals surface area contributed by atoms with Crippen LogP contribution in [0.4, 0.5) is 0 Å². The summed E-state index contributed by atoms with van der Waals surface area (Å²) in [6.45, 7) is 29.3. The molecule has 206 valence electrons. The highest BCUT2D eigenvalue weighted by molar-refractivity contribution is 7.60. The molecule has 0 amide bonds. The Kier molecular flexibility index (Phi) is 8.97. The fourth-order valence-corrected chi connectivity index (χ4v) is 14.7. The summed E-state index contributed by atoms with van der Waals surface area (Å²) in [5.74, 6) is 1.44. The molecule has 3 rings (SSSR count). The number of hydrogen-bond acceptors (Lipinski definition) is 4. The Morgan fingerprint density at radius 1 is 0.658 bits per heavy atom. The molecule has 0 aliphatic rings. The predicted molar refractivity (Wildman–Crippen MR) is 176 cm³/mol. The number of nitrogens with zero attached hydrogens (tertiary/aromatic N) is 4. The highest BCUT2D eigenvalue weighted by Gasteiger charge is 2.43. The molecule has 2 aromatic heterocycles. The van der Waals surface area contributed by atoms with Crippen LogP contribution >= 0.6 is 17.2 Å². The minimum absolute atomic E-state index is 0.206. The lowest BCUT2D eigenvalue weighted by atomic mass is 9.91. The van der Waals surface area contributed by atoms with Gasteiger partial charge in [-0.25, -0.2) is 19.9 Å². The molecule has 0 fully saturated rings. The molecule has 0 aliphatic heterocycles. The van der Waals surface area contributed by atoms with Gasteiger partial charge < -0.3 is 0 Å². The van der Waals surface area contributed by atoms with Crippen LogP contribution in [-0.2, 0) is 11.3 Å². The topological polar surface area (TPSA) is 51.6 Å². The molecule has 0 saturated heterocycles. The van der Waals surface area contributed by atoms with Crippen molar-refractivity contribution in [2.45, 2.75) is 102 Å². The summed E-state index contributed by atoms with van der Waals surface area (Å²) in [5.41, 5.74) is 2.63. The van der Waals surface area contributed by atoms with E-state index in [0.29, 0.717) is 0 Å². The molecule has 1 unspecified atom stereocenters. The quantitative estimate of drug-likeness (QED) is 0.220. The van der Waals surface area contributed by atoms with E-state index in [2.05, 4.69) is 102 Å². The fraction of sp³-hybridized carbons (Fsp3) is 0.533. The first-order valence-electron chi connectivity index (χ1n) is 13.6. The minimum atomic E-state index is -1.69. The highest BCUT2D eigenvalue weighted by atomic mass is 31.1. The first-order chi connectivity index (χ1) is 17.3. The van der Waals surface area contributed by atoms with E-state index in [9.17, 15) is 0 Å².